The second-order valence-electron chi connectivity index (χ2n) is 4.98. The van der Waals surface area contributed by atoms with Gasteiger partial charge < -0.3 is 9.88 Å². The van der Waals surface area contributed by atoms with Crippen molar-refractivity contribution in [2.75, 3.05) is 5.32 Å². The third-order valence-corrected chi connectivity index (χ3v) is 3.60. The van der Waals surface area contributed by atoms with E-state index < -0.39 is 0 Å². The maximum atomic E-state index is 12.4. The molecule has 110 valence electrons. The highest BCUT2D eigenvalue weighted by molar-refractivity contribution is 6.05. The number of anilines is 1. The molecule has 0 fully saturated rings. The maximum Gasteiger partial charge on any atom is 0.255 e. The minimum atomic E-state index is -0.247. The monoisotopic (exact) mass is 284 g/mol. The number of carbonyl (C=O) groups excluding carboxylic acids is 1. The molecule has 0 saturated carbocycles. The summed E-state index contributed by atoms with van der Waals surface area (Å²) in [5.41, 5.74) is 3.26. The van der Waals surface area contributed by atoms with Crippen molar-refractivity contribution in [3.8, 4) is 0 Å². The molecule has 2 aromatic rings. The van der Waals surface area contributed by atoms with Crippen molar-refractivity contribution in [3.05, 3.63) is 63.6 Å². The molecule has 0 aliphatic carbocycles. The Hall–Kier alpha value is -2.36. The number of nitrogens with zero attached hydrogens (tertiary/aromatic N) is 1. The van der Waals surface area contributed by atoms with Crippen LogP contribution in [0.2, 0.25) is 0 Å². The molecule has 1 heterocycles. The summed E-state index contributed by atoms with van der Waals surface area (Å²) < 4.78 is 1.44. The van der Waals surface area contributed by atoms with E-state index >= 15 is 0 Å². The van der Waals surface area contributed by atoms with Crippen LogP contribution in [0.3, 0.4) is 0 Å². The van der Waals surface area contributed by atoms with Crippen LogP contribution in [0.4, 0.5) is 5.69 Å². The normalized spacial score (nSPS) is 10.4. The molecule has 0 aliphatic heterocycles. The Morgan fingerprint density at radius 3 is 2.29 bits per heavy atom. The van der Waals surface area contributed by atoms with Crippen LogP contribution in [0.5, 0.6) is 0 Å². The maximum absolute atomic E-state index is 12.4. The van der Waals surface area contributed by atoms with E-state index in [1.165, 1.54) is 10.6 Å². The summed E-state index contributed by atoms with van der Waals surface area (Å²) in [4.78, 5) is 24.0. The quantitative estimate of drug-likeness (QED) is 0.938. The first-order chi connectivity index (χ1) is 10.1. The molecule has 0 saturated heterocycles. The Balaban J connectivity index is 2.35. The number of amides is 1. The lowest BCUT2D eigenvalue weighted by molar-refractivity contribution is 0.102. The van der Waals surface area contributed by atoms with E-state index in [0.29, 0.717) is 5.56 Å². The van der Waals surface area contributed by atoms with E-state index in [0.717, 1.165) is 29.7 Å². The van der Waals surface area contributed by atoms with Gasteiger partial charge in [-0.05, 0) is 30.0 Å². The fraction of sp³-hybridized carbons (Fsp3) is 0.294. The zero-order valence-electron chi connectivity index (χ0n) is 12.6. The first-order valence-corrected chi connectivity index (χ1v) is 7.15. The van der Waals surface area contributed by atoms with Gasteiger partial charge in [0, 0.05) is 30.6 Å². The first-order valence-electron chi connectivity index (χ1n) is 7.15. The van der Waals surface area contributed by atoms with Crippen molar-refractivity contribution >= 4 is 11.6 Å². The fourth-order valence-corrected chi connectivity index (χ4v) is 2.28. The number of aromatic nitrogens is 1. The highest BCUT2D eigenvalue weighted by atomic mass is 16.2. The number of aryl methyl sites for hydroxylation is 3. The van der Waals surface area contributed by atoms with Crippen molar-refractivity contribution in [3.63, 3.8) is 0 Å². The summed E-state index contributed by atoms with van der Waals surface area (Å²) in [6.07, 6.45) is 3.30. The topological polar surface area (TPSA) is 51.1 Å². The van der Waals surface area contributed by atoms with Crippen molar-refractivity contribution in [2.24, 2.45) is 7.05 Å². The molecule has 21 heavy (non-hydrogen) atoms. The molecule has 0 bridgehead atoms. The Morgan fingerprint density at radius 2 is 1.76 bits per heavy atom. The van der Waals surface area contributed by atoms with Crippen LogP contribution < -0.4 is 10.9 Å². The number of hydrogen-bond donors (Lipinski definition) is 1. The molecule has 4 nitrogen and oxygen atoms in total. The molecule has 1 amide bonds. The minimum absolute atomic E-state index is 0.192. The van der Waals surface area contributed by atoms with Crippen LogP contribution in [-0.2, 0) is 19.9 Å². The van der Waals surface area contributed by atoms with Gasteiger partial charge in [-0.2, -0.15) is 0 Å². The highest BCUT2D eigenvalue weighted by Crippen LogP contribution is 2.23. The molecule has 1 aromatic heterocycles. The van der Waals surface area contributed by atoms with Gasteiger partial charge in [-0.15, -0.1) is 0 Å². The highest BCUT2D eigenvalue weighted by Gasteiger charge is 2.12. The number of pyridine rings is 1. The van der Waals surface area contributed by atoms with Crippen LogP contribution in [-0.4, -0.2) is 10.5 Å². The molecule has 0 radical (unpaired) electrons. The van der Waals surface area contributed by atoms with Crippen LogP contribution in [0.15, 0.2) is 41.3 Å². The molecular weight excluding hydrogens is 264 g/mol. The summed E-state index contributed by atoms with van der Waals surface area (Å²) >= 11 is 0. The van der Waals surface area contributed by atoms with E-state index in [2.05, 4.69) is 19.2 Å². The van der Waals surface area contributed by atoms with Gasteiger partial charge in [0.25, 0.3) is 11.5 Å². The molecule has 0 atom stereocenters. The number of benzene rings is 1. The summed E-state index contributed by atoms with van der Waals surface area (Å²) in [6.45, 7) is 4.12. The molecule has 0 spiro atoms. The van der Waals surface area contributed by atoms with Gasteiger partial charge in [-0.25, -0.2) is 0 Å². The SMILES string of the molecule is CCc1cccc(CC)c1NC(=O)c1ccn(C)c(=O)c1. The Bertz CT molecular complexity index is 695. The second-order valence-corrected chi connectivity index (χ2v) is 4.98. The Kier molecular flexibility index (Phi) is 4.58. The van der Waals surface area contributed by atoms with E-state index in [-0.39, 0.29) is 11.5 Å². The summed E-state index contributed by atoms with van der Waals surface area (Å²) in [7, 11) is 1.66. The van der Waals surface area contributed by atoms with Crippen molar-refractivity contribution in [1.82, 2.24) is 4.57 Å². The number of para-hydroxylation sites is 1. The molecule has 1 aromatic carbocycles. The van der Waals surface area contributed by atoms with E-state index in [9.17, 15) is 9.59 Å². The number of rotatable bonds is 4. The Morgan fingerprint density at radius 1 is 1.14 bits per heavy atom. The molecule has 4 heteroatoms. The first kappa shape index (κ1) is 15.0. The smallest absolute Gasteiger partial charge is 0.255 e. The van der Waals surface area contributed by atoms with Crippen LogP contribution in [0, 0.1) is 0 Å². The zero-order chi connectivity index (χ0) is 15.4. The van der Waals surface area contributed by atoms with Crippen LogP contribution in [0.1, 0.15) is 35.3 Å². The summed E-state index contributed by atoms with van der Waals surface area (Å²) in [5.74, 6) is -0.247. The molecule has 2 rings (SSSR count). The van der Waals surface area contributed by atoms with E-state index in [1.807, 2.05) is 18.2 Å². The predicted octanol–water partition coefficient (Wildman–Crippen LogP) is 2.76. The molecule has 1 N–H and O–H groups in total. The second kappa shape index (κ2) is 6.39. The van der Waals surface area contributed by atoms with E-state index in [4.69, 9.17) is 0 Å². The standard InChI is InChI=1S/C17H20N2O2/c1-4-12-7-6-8-13(5-2)16(12)18-17(21)14-9-10-19(3)15(20)11-14/h6-11H,4-5H2,1-3H3,(H,18,21). The van der Waals surface area contributed by atoms with Gasteiger partial charge in [0.05, 0.1) is 0 Å². The average Bonchev–Trinajstić information content (AvgIpc) is 2.50. The number of hydrogen-bond acceptors (Lipinski definition) is 2. The third kappa shape index (κ3) is 3.21. The Labute approximate surface area is 124 Å². The minimum Gasteiger partial charge on any atom is -0.321 e. The van der Waals surface area contributed by atoms with Gasteiger partial charge in [0.2, 0.25) is 0 Å². The van der Waals surface area contributed by atoms with Crippen LogP contribution in [0.25, 0.3) is 0 Å². The van der Waals surface area contributed by atoms with Gasteiger partial charge in [0.1, 0.15) is 0 Å². The molecule has 0 aliphatic rings. The summed E-state index contributed by atoms with van der Waals surface area (Å²) in [5, 5.41) is 2.96. The van der Waals surface area contributed by atoms with Gasteiger partial charge in [0.15, 0.2) is 0 Å². The van der Waals surface area contributed by atoms with Gasteiger partial charge in [-0.3, -0.25) is 9.59 Å². The molecular formula is C17H20N2O2. The lowest BCUT2D eigenvalue weighted by atomic mass is 10.0. The number of carbonyl (C=O) groups is 1. The predicted molar refractivity (Wildman–Crippen MR) is 84.8 cm³/mol. The van der Waals surface area contributed by atoms with Crippen LogP contribution >= 0.6 is 0 Å². The third-order valence-electron chi connectivity index (χ3n) is 3.60. The lowest BCUT2D eigenvalue weighted by Gasteiger charge is -2.14. The van der Waals surface area contributed by atoms with Gasteiger partial charge in [-0.1, -0.05) is 32.0 Å². The van der Waals surface area contributed by atoms with Gasteiger partial charge >= 0.3 is 0 Å². The van der Waals surface area contributed by atoms with Crippen molar-refractivity contribution in [2.45, 2.75) is 26.7 Å². The van der Waals surface area contributed by atoms with E-state index in [1.54, 1.807) is 19.3 Å². The van der Waals surface area contributed by atoms with Crippen molar-refractivity contribution < 1.29 is 4.79 Å². The summed E-state index contributed by atoms with van der Waals surface area (Å²) in [6, 6.07) is 9.04. The number of nitrogens with one attached hydrogen (secondary N) is 1. The molecule has 0 unspecified atom stereocenters. The fourth-order valence-electron chi connectivity index (χ4n) is 2.28. The lowest BCUT2D eigenvalue weighted by Crippen LogP contribution is -2.20. The average molecular weight is 284 g/mol. The van der Waals surface area contributed by atoms with Crippen molar-refractivity contribution in [1.29, 1.82) is 0 Å². The zero-order valence-corrected chi connectivity index (χ0v) is 12.6. The largest absolute Gasteiger partial charge is 0.321 e.